The molecule has 0 bridgehead atoms. The van der Waals surface area contributed by atoms with Crippen LogP contribution in [0.5, 0.6) is 0 Å². The van der Waals surface area contributed by atoms with Crippen molar-refractivity contribution in [3.63, 3.8) is 0 Å². The van der Waals surface area contributed by atoms with E-state index in [0.29, 0.717) is 0 Å². The van der Waals surface area contributed by atoms with Crippen molar-refractivity contribution in [1.82, 2.24) is 4.90 Å². The van der Waals surface area contributed by atoms with E-state index < -0.39 is 0 Å². The molecule has 0 aliphatic heterocycles. The fourth-order valence-electron chi connectivity index (χ4n) is 3.49. The number of allylic oxidation sites excluding steroid dienone is 2. The lowest BCUT2D eigenvalue weighted by molar-refractivity contribution is 0.449. The highest BCUT2D eigenvalue weighted by Crippen LogP contribution is 2.33. The van der Waals surface area contributed by atoms with Crippen LogP contribution in [0.4, 0.5) is 0 Å². The van der Waals surface area contributed by atoms with Gasteiger partial charge in [-0.05, 0) is 73.0 Å². The van der Waals surface area contributed by atoms with Crippen molar-refractivity contribution in [1.29, 1.82) is 5.41 Å². The van der Waals surface area contributed by atoms with Gasteiger partial charge in [-0.1, -0.05) is 49.8 Å². The van der Waals surface area contributed by atoms with Crippen LogP contribution in [0, 0.1) is 5.41 Å². The molecule has 130 valence electrons. The summed E-state index contributed by atoms with van der Waals surface area (Å²) < 4.78 is 0. The van der Waals surface area contributed by atoms with E-state index in [1.165, 1.54) is 27.5 Å². The Bertz CT molecular complexity index is 840. The van der Waals surface area contributed by atoms with Crippen molar-refractivity contribution in [3.8, 4) is 0 Å². The summed E-state index contributed by atoms with van der Waals surface area (Å²) in [5, 5.41) is 11.1. The van der Waals surface area contributed by atoms with Crippen molar-refractivity contribution >= 4 is 22.1 Å². The van der Waals surface area contributed by atoms with E-state index in [2.05, 4.69) is 74.5 Å². The Kier molecular flexibility index (Phi) is 5.50. The molecule has 0 atom stereocenters. The number of benzene rings is 2. The van der Waals surface area contributed by atoms with Crippen LogP contribution in [0.2, 0.25) is 0 Å². The topological polar surface area (TPSA) is 27.1 Å². The zero-order valence-electron chi connectivity index (χ0n) is 15.6. The molecule has 25 heavy (non-hydrogen) atoms. The number of hydrogen-bond acceptors (Lipinski definition) is 2. The SMILES string of the molecule is CCCCC(=N)c1cc2ccccc2cc1C1=CC(CN(C)C)=CC1. The molecule has 0 fully saturated rings. The molecule has 0 spiro atoms. The fourth-order valence-corrected chi connectivity index (χ4v) is 3.49. The van der Waals surface area contributed by atoms with E-state index in [1.807, 2.05) is 0 Å². The average molecular weight is 332 g/mol. The number of rotatable bonds is 7. The van der Waals surface area contributed by atoms with Crippen molar-refractivity contribution in [3.05, 3.63) is 65.3 Å². The number of nitrogens with zero attached hydrogens (tertiary/aromatic N) is 1. The van der Waals surface area contributed by atoms with Crippen LogP contribution < -0.4 is 0 Å². The van der Waals surface area contributed by atoms with Gasteiger partial charge in [0.2, 0.25) is 0 Å². The first-order chi connectivity index (χ1) is 12.1. The minimum atomic E-state index is 0.768. The molecule has 3 rings (SSSR count). The lowest BCUT2D eigenvalue weighted by Gasteiger charge is -2.14. The van der Waals surface area contributed by atoms with Crippen LogP contribution >= 0.6 is 0 Å². The van der Waals surface area contributed by atoms with Gasteiger partial charge in [-0.3, -0.25) is 0 Å². The van der Waals surface area contributed by atoms with Gasteiger partial charge in [0.05, 0.1) is 0 Å². The van der Waals surface area contributed by atoms with Gasteiger partial charge in [-0.2, -0.15) is 0 Å². The van der Waals surface area contributed by atoms with Crippen molar-refractivity contribution < 1.29 is 0 Å². The molecule has 2 aromatic rings. The second-order valence-corrected chi connectivity index (χ2v) is 7.22. The molecule has 2 aromatic carbocycles. The zero-order chi connectivity index (χ0) is 17.8. The van der Waals surface area contributed by atoms with Crippen LogP contribution in [-0.4, -0.2) is 31.3 Å². The number of likely N-dealkylation sites (N-methyl/N-ethyl adjacent to an activating group) is 1. The van der Waals surface area contributed by atoms with Gasteiger partial charge in [0.1, 0.15) is 0 Å². The normalized spacial score (nSPS) is 14.1. The van der Waals surface area contributed by atoms with Crippen LogP contribution in [0.1, 0.15) is 43.7 Å². The lowest BCUT2D eigenvalue weighted by Crippen LogP contribution is -2.13. The molecule has 0 aromatic heterocycles. The Hall–Kier alpha value is -2.19. The molecule has 0 saturated heterocycles. The van der Waals surface area contributed by atoms with Crippen LogP contribution in [-0.2, 0) is 0 Å². The van der Waals surface area contributed by atoms with Gasteiger partial charge in [0, 0.05) is 17.8 Å². The minimum absolute atomic E-state index is 0.768. The smallest absolute Gasteiger partial charge is 0.0392 e. The predicted molar refractivity (Wildman–Crippen MR) is 110 cm³/mol. The first-order valence-corrected chi connectivity index (χ1v) is 9.23. The van der Waals surface area contributed by atoms with Crippen molar-refractivity contribution in [2.45, 2.75) is 32.6 Å². The molecule has 1 N–H and O–H groups in total. The molecule has 0 radical (unpaired) electrons. The maximum atomic E-state index is 8.62. The van der Waals surface area contributed by atoms with E-state index in [9.17, 15) is 0 Å². The summed E-state index contributed by atoms with van der Waals surface area (Å²) in [6, 6.07) is 13.0. The predicted octanol–water partition coefficient (Wildman–Crippen LogP) is 5.67. The van der Waals surface area contributed by atoms with Gasteiger partial charge in [-0.15, -0.1) is 0 Å². The number of fused-ring (bicyclic) bond motifs is 1. The summed E-state index contributed by atoms with van der Waals surface area (Å²) in [6.45, 7) is 3.16. The van der Waals surface area contributed by atoms with Gasteiger partial charge in [0.15, 0.2) is 0 Å². The second-order valence-electron chi connectivity index (χ2n) is 7.22. The summed E-state index contributed by atoms with van der Waals surface area (Å²) >= 11 is 0. The molecule has 0 heterocycles. The third-order valence-corrected chi connectivity index (χ3v) is 4.78. The molecule has 0 amide bonds. The van der Waals surface area contributed by atoms with Crippen molar-refractivity contribution in [2.24, 2.45) is 0 Å². The van der Waals surface area contributed by atoms with E-state index >= 15 is 0 Å². The maximum absolute atomic E-state index is 8.62. The van der Waals surface area contributed by atoms with Crippen LogP contribution in [0.3, 0.4) is 0 Å². The lowest BCUT2D eigenvalue weighted by atomic mass is 9.91. The number of hydrogen-bond donors (Lipinski definition) is 1. The number of unbranched alkanes of at least 4 members (excludes halogenated alkanes) is 1. The summed E-state index contributed by atoms with van der Waals surface area (Å²) in [7, 11) is 4.21. The quantitative estimate of drug-likeness (QED) is 0.650. The minimum Gasteiger partial charge on any atom is -0.305 e. The second kappa shape index (κ2) is 7.79. The summed E-state index contributed by atoms with van der Waals surface area (Å²) in [5.41, 5.74) is 5.84. The highest BCUT2D eigenvalue weighted by Gasteiger charge is 2.16. The maximum Gasteiger partial charge on any atom is 0.0392 e. The summed E-state index contributed by atoms with van der Waals surface area (Å²) in [4.78, 5) is 2.20. The summed E-state index contributed by atoms with van der Waals surface area (Å²) in [6.07, 6.45) is 8.67. The van der Waals surface area contributed by atoms with Crippen LogP contribution in [0.25, 0.3) is 16.3 Å². The Balaban J connectivity index is 2.02. The fraction of sp³-hybridized carbons (Fsp3) is 0.348. The van der Waals surface area contributed by atoms with Gasteiger partial charge in [0.25, 0.3) is 0 Å². The van der Waals surface area contributed by atoms with Gasteiger partial charge >= 0.3 is 0 Å². The van der Waals surface area contributed by atoms with E-state index in [1.54, 1.807) is 0 Å². The Labute approximate surface area is 151 Å². The first-order valence-electron chi connectivity index (χ1n) is 9.23. The third kappa shape index (κ3) is 4.08. The highest BCUT2D eigenvalue weighted by atomic mass is 15.0. The largest absolute Gasteiger partial charge is 0.305 e. The monoisotopic (exact) mass is 332 g/mol. The average Bonchev–Trinajstić information content (AvgIpc) is 3.06. The van der Waals surface area contributed by atoms with E-state index in [4.69, 9.17) is 5.41 Å². The molecule has 0 saturated carbocycles. The summed E-state index contributed by atoms with van der Waals surface area (Å²) in [5.74, 6) is 0. The molecular formula is C23H28N2. The molecule has 2 nitrogen and oxygen atoms in total. The molecule has 1 aliphatic rings. The number of nitrogens with one attached hydrogen (secondary N) is 1. The highest BCUT2D eigenvalue weighted by molar-refractivity contribution is 6.06. The Morgan fingerprint density at radius 1 is 1.12 bits per heavy atom. The Morgan fingerprint density at radius 2 is 1.84 bits per heavy atom. The van der Waals surface area contributed by atoms with Gasteiger partial charge in [-0.25, -0.2) is 0 Å². The van der Waals surface area contributed by atoms with E-state index in [0.717, 1.165) is 43.5 Å². The molecule has 1 aliphatic carbocycles. The third-order valence-electron chi connectivity index (χ3n) is 4.78. The van der Waals surface area contributed by atoms with Crippen LogP contribution in [0.15, 0.2) is 54.1 Å². The molecule has 0 unspecified atom stereocenters. The molecular weight excluding hydrogens is 304 g/mol. The van der Waals surface area contributed by atoms with E-state index in [-0.39, 0.29) is 0 Å². The first kappa shape index (κ1) is 17.6. The Morgan fingerprint density at radius 3 is 2.52 bits per heavy atom. The van der Waals surface area contributed by atoms with Gasteiger partial charge < -0.3 is 10.3 Å². The standard InChI is InChI=1S/C23H28N2/c1-4-5-10-23(24)22-15-19-9-7-6-8-18(19)14-21(22)20-12-11-17(13-20)16-25(2)3/h6-9,11,13-15,24H,4-5,10,12,16H2,1-3H3. The zero-order valence-corrected chi connectivity index (χ0v) is 15.6. The molecule has 2 heteroatoms. The van der Waals surface area contributed by atoms with Crippen molar-refractivity contribution in [2.75, 3.05) is 20.6 Å².